The summed E-state index contributed by atoms with van der Waals surface area (Å²) in [5.41, 5.74) is 10.0. The van der Waals surface area contributed by atoms with Crippen LogP contribution >= 0.6 is 16.4 Å². The molecule has 0 saturated heterocycles. The second-order valence-corrected chi connectivity index (χ2v) is 12.7. The molecule has 0 unspecified atom stereocenters. The molecule has 2 heteroatoms. The Morgan fingerprint density at radius 2 is 0.452 bits per heavy atom. The van der Waals surface area contributed by atoms with Crippen LogP contribution in [0.1, 0.15) is 0 Å². The Morgan fingerprint density at radius 3 is 0.738 bits per heavy atom. The number of hydrogen-bond donors (Lipinski definition) is 0. The van der Waals surface area contributed by atoms with Crippen LogP contribution in [0.2, 0.25) is 0 Å². The van der Waals surface area contributed by atoms with Gasteiger partial charge in [0.1, 0.15) is 0 Å². The highest BCUT2D eigenvalue weighted by molar-refractivity contribution is 7.38. The van der Waals surface area contributed by atoms with E-state index in [9.17, 15) is 0 Å². The van der Waals surface area contributed by atoms with E-state index in [4.69, 9.17) is 0 Å². The molecule has 0 atom stereocenters. The van der Waals surface area contributed by atoms with Gasteiger partial charge >= 0.3 is 0 Å². The van der Waals surface area contributed by atoms with Gasteiger partial charge in [0, 0.05) is 21.2 Å². The van der Waals surface area contributed by atoms with Crippen LogP contribution in [-0.4, -0.2) is 0 Å². The Labute approximate surface area is 251 Å². The topological polar surface area (TPSA) is 0 Å². The summed E-state index contributed by atoms with van der Waals surface area (Å²) in [5, 5.41) is 5.28. The summed E-state index contributed by atoms with van der Waals surface area (Å²) in [6.45, 7) is 0. The molecule has 0 aliphatic rings. The van der Waals surface area contributed by atoms with Gasteiger partial charge in [-0.1, -0.05) is 162 Å². The molecule has 42 heavy (non-hydrogen) atoms. The van der Waals surface area contributed by atoms with Crippen molar-refractivity contribution < 1.29 is 0 Å². The van der Waals surface area contributed by atoms with E-state index in [2.05, 4.69) is 170 Å². The zero-order chi connectivity index (χ0) is 28.1. The van der Waals surface area contributed by atoms with Gasteiger partial charge in [-0.05, 0) is 68.8 Å². The fraction of sp³-hybridized carbons (Fsp3) is 0. The van der Waals surface area contributed by atoms with Crippen molar-refractivity contribution in [3.8, 4) is 65.7 Å². The molecule has 0 N–H and O–H groups in total. The van der Waals surface area contributed by atoms with E-state index in [0.717, 1.165) is 0 Å². The van der Waals surface area contributed by atoms with Crippen LogP contribution in [0.15, 0.2) is 170 Å². The first-order valence-electron chi connectivity index (χ1n) is 14.2. The molecule has 0 aliphatic carbocycles. The van der Waals surface area contributed by atoms with Crippen LogP contribution in [0.4, 0.5) is 0 Å². The number of hydrogen-bond acceptors (Lipinski definition) is 0. The van der Waals surface area contributed by atoms with Crippen molar-refractivity contribution in [3.05, 3.63) is 170 Å². The third-order valence-electron chi connectivity index (χ3n) is 7.48. The van der Waals surface area contributed by atoms with Gasteiger partial charge in [0.25, 0.3) is 0 Å². The van der Waals surface area contributed by atoms with Gasteiger partial charge in [-0.25, -0.2) is 0 Å². The van der Waals surface area contributed by atoms with E-state index >= 15 is 0 Å². The summed E-state index contributed by atoms with van der Waals surface area (Å²) in [5.74, 6) is 0. The maximum Gasteiger partial charge on any atom is 0.0102 e. The fourth-order valence-corrected chi connectivity index (χ4v) is 7.72. The van der Waals surface area contributed by atoms with Crippen LogP contribution in [0.5, 0.6) is 0 Å². The minimum Gasteiger partial charge on any atom is -0.0622 e. The average molecular weight is 571 g/mol. The SMILES string of the molecule is c1ccc(-c2cc(-c3ccccc3)pc(-c3ccc(-c4cc(-c5ccccc5)cc(-c5ccccc5)p4)cc3)c2)cc1. The molecule has 0 radical (unpaired) electrons. The molecule has 0 amide bonds. The monoisotopic (exact) mass is 570 g/mol. The second-order valence-electron chi connectivity index (χ2n) is 10.3. The highest BCUT2D eigenvalue weighted by Crippen LogP contribution is 2.43. The van der Waals surface area contributed by atoms with Crippen LogP contribution in [0, 0.1) is 0 Å². The van der Waals surface area contributed by atoms with Gasteiger partial charge < -0.3 is 0 Å². The molecule has 2 heterocycles. The molecule has 0 bridgehead atoms. The lowest BCUT2D eigenvalue weighted by Gasteiger charge is -2.12. The normalized spacial score (nSPS) is 11.2. The molecule has 0 fully saturated rings. The lowest BCUT2D eigenvalue weighted by Crippen LogP contribution is -1.84. The smallest absolute Gasteiger partial charge is 0.0102 e. The van der Waals surface area contributed by atoms with Crippen molar-refractivity contribution in [1.29, 1.82) is 0 Å². The Balaban J connectivity index is 1.31. The second kappa shape index (κ2) is 12.1. The molecule has 0 saturated carbocycles. The Kier molecular flexibility index (Phi) is 7.58. The summed E-state index contributed by atoms with van der Waals surface area (Å²) >= 11 is 0. The standard InChI is InChI=1S/C40H28P2/c1-5-13-29(14-6-1)35-25-37(31-17-9-3-10-18-31)41-39(27-35)33-21-23-34(24-22-33)40-28-36(30-15-7-2-8-16-30)26-38(42-40)32-19-11-4-12-20-32/h1-28H. The van der Waals surface area contributed by atoms with E-state index in [1.807, 2.05) is 0 Å². The van der Waals surface area contributed by atoms with Gasteiger partial charge in [-0.2, -0.15) is 0 Å². The van der Waals surface area contributed by atoms with Crippen molar-refractivity contribution >= 4 is 16.4 Å². The summed E-state index contributed by atoms with van der Waals surface area (Å²) in [7, 11) is 2.44. The van der Waals surface area contributed by atoms with Gasteiger partial charge in [0.2, 0.25) is 0 Å². The van der Waals surface area contributed by atoms with Crippen LogP contribution in [-0.2, 0) is 0 Å². The van der Waals surface area contributed by atoms with E-state index in [0.29, 0.717) is 0 Å². The maximum atomic E-state index is 2.36. The van der Waals surface area contributed by atoms with Crippen LogP contribution < -0.4 is 0 Å². The first-order chi connectivity index (χ1) is 20.8. The zero-order valence-corrected chi connectivity index (χ0v) is 24.8. The first-order valence-corrected chi connectivity index (χ1v) is 16.0. The van der Waals surface area contributed by atoms with Crippen molar-refractivity contribution in [2.45, 2.75) is 0 Å². The summed E-state index contributed by atoms with van der Waals surface area (Å²) < 4.78 is 0. The fourth-order valence-electron chi connectivity index (χ4n) is 5.28. The summed E-state index contributed by atoms with van der Waals surface area (Å²) in [6, 6.07) is 61.5. The number of rotatable bonds is 6. The molecular weight excluding hydrogens is 542 g/mol. The molecular formula is C40H28P2. The highest BCUT2D eigenvalue weighted by atomic mass is 31.0. The summed E-state index contributed by atoms with van der Waals surface area (Å²) in [6.07, 6.45) is 0. The zero-order valence-electron chi connectivity index (χ0n) is 23.1. The molecule has 0 spiro atoms. The van der Waals surface area contributed by atoms with Crippen molar-refractivity contribution in [3.63, 3.8) is 0 Å². The average Bonchev–Trinajstić information content (AvgIpc) is 3.09. The quantitative estimate of drug-likeness (QED) is 0.187. The Morgan fingerprint density at radius 1 is 0.214 bits per heavy atom. The van der Waals surface area contributed by atoms with E-state index in [-0.39, 0.29) is 0 Å². The van der Waals surface area contributed by atoms with Gasteiger partial charge in [0.05, 0.1) is 0 Å². The Bertz CT molecular complexity index is 1670. The molecule has 0 nitrogen and oxygen atoms in total. The largest absolute Gasteiger partial charge is 0.0622 e. The van der Waals surface area contributed by atoms with Gasteiger partial charge in [-0.15, -0.1) is 0 Å². The van der Waals surface area contributed by atoms with E-state index in [1.54, 1.807) is 0 Å². The summed E-state index contributed by atoms with van der Waals surface area (Å²) in [4.78, 5) is 0. The van der Waals surface area contributed by atoms with Crippen molar-refractivity contribution in [2.24, 2.45) is 0 Å². The minimum absolute atomic E-state index is 1.22. The maximum absolute atomic E-state index is 2.36. The van der Waals surface area contributed by atoms with Gasteiger partial charge in [0.15, 0.2) is 0 Å². The predicted molar refractivity (Wildman–Crippen MR) is 184 cm³/mol. The van der Waals surface area contributed by atoms with Crippen molar-refractivity contribution in [1.82, 2.24) is 0 Å². The van der Waals surface area contributed by atoms with E-state index < -0.39 is 0 Å². The van der Waals surface area contributed by atoms with Crippen LogP contribution in [0.25, 0.3) is 65.7 Å². The predicted octanol–water partition coefficient (Wildman–Crippen LogP) is 12.8. The third kappa shape index (κ3) is 5.74. The molecule has 5 aromatic carbocycles. The first kappa shape index (κ1) is 26.3. The Hall–Kier alpha value is -4.60. The number of benzene rings is 5. The molecule has 7 rings (SSSR count). The lowest BCUT2D eigenvalue weighted by molar-refractivity contribution is 1.62. The van der Waals surface area contributed by atoms with Crippen LogP contribution in [0.3, 0.4) is 0 Å². The lowest BCUT2D eigenvalue weighted by atomic mass is 10.0. The molecule has 2 aromatic heterocycles. The molecule has 0 aliphatic heterocycles. The molecule has 7 aromatic rings. The van der Waals surface area contributed by atoms with Crippen molar-refractivity contribution in [2.75, 3.05) is 0 Å². The van der Waals surface area contributed by atoms with Gasteiger partial charge in [-0.3, -0.25) is 0 Å². The van der Waals surface area contributed by atoms with E-state index in [1.165, 1.54) is 82.1 Å². The highest BCUT2D eigenvalue weighted by Gasteiger charge is 2.11. The minimum atomic E-state index is 1.22. The third-order valence-corrected chi connectivity index (χ3v) is 9.99. The molecule has 198 valence electrons.